The van der Waals surface area contributed by atoms with Crippen molar-refractivity contribution in [3.05, 3.63) is 22.8 Å². The molecule has 1 aromatic heterocycles. The highest BCUT2D eigenvalue weighted by molar-refractivity contribution is 6.30. The molecule has 0 saturated heterocycles. The average molecular weight is 198 g/mol. The maximum atomic E-state index is 5.87. The predicted octanol–water partition coefficient (Wildman–Crippen LogP) is 2.97. The zero-order valence-electron chi connectivity index (χ0n) is 7.59. The van der Waals surface area contributed by atoms with Crippen molar-refractivity contribution in [1.29, 1.82) is 0 Å². The van der Waals surface area contributed by atoms with E-state index in [0.717, 1.165) is 18.4 Å². The van der Waals surface area contributed by atoms with Gasteiger partial charge in [-0.25, -0.2) is 4.98 Å². The van der Waals surface area contributed by atoms with Crippen LogP contribution in [-0.4, -0.2) is 11.1 Å². The summed E-state index contributed by atoms with van der Waals surface area (Å²) in [6, 6.07) is 3.81. The van der Waals surface area contributed by atoms with Gasteiger partial charge in [-0.1, -0.05) is 17.7 Å². The van der Waals surface area contributed by atoms with Crippen LogP contribution in [0.2, 0.25) is 5.15 Å². The van der Waals surface area contributed by atoms with E-state index in [0.29, 0.717) is 17.1 Å². The molecular weight excluding hydrogens is 186 g/mol. The van der Waals surface area contributed by atoms with Crippen LogP contribution in [0.25, 0.3) is 0 Å². The maximum absolute atomic E-state index is 5.87. The van der Waals surface area contributed by atoms with E-state index in [1.54, 1.807) is 0 Å². The minimum absolute atomic E-state index is 0.367. The lowest BCUT2D eigenvalue weighted by Crippen LogP contribution is -2.24. The van der Waals surface area contributed by atoms with Crippen LogP contribution in [0, 0.1) is 6.92 Å². The van der Waals surface area contributed by atoms with Crippen molar-refractivity contribution in [1.82, 2.24) is 4.98 Å². The van der Waals surface area contributed by atoms with E-state index < -0.39 is 0 Å². The second-order valence-electron chi connectivity index (χ2n) is 3.43. The first-order valence-corrected chi connectivity index (χ1v) is 4.93. The molecule has 2 nitrogen and oxygen atoms in total. The smallest absolute Gasteiger partial charge is 0.214 e. The molecule has 13 heavy (non-hydrogen) atoms. The summed E-state index contributed by atoms with van der Waals surface area (Å²) in [6.07, 6.45) is 3.93. The Kier molecular flexibility index (Phi) is 2.40. The number of nitrogens with zero attached hydrogens (tertiary/aromatic N) is 1. The largest absolute Gasteiger partial charge is 0.474 e. The lowest BCUT2D eigenvalue weighted by atomic mass is 9.96. The van der Waals surface area contributed by atoms with Gasteiger partial charge >= 0.3 is 0 Å². The molecule has 0 bridgehead atoms. The molecule has 0 unspecified atom stereocenters. The van der Waals surface area contributed by atoms with Crippen molar-refractivity contribution in [3.8, 4) is 5.88 Å². The van der Waals surface area contributed by atoms with Gasteiger partial charge in [0.05, 0.1) is 0 Å². The Morgan fingerprint density at radius 3 is 2.77 bits per heavy atom. The van der Waals surface area contributed by atoms with Crippen LogP contribution in [0.1, 0.15) is 24.8 Å². The fourth-order valence-electron chi connectivity index (χ4n) is 1.21. The zero-order chi connectivity index (χ0) is 9.26. The standard InChI is InChI=1S/C10H12ClNO/c1-7-5-6-9(12-10(7)11)13-8-3-2-4-8/h5-6,8H,2-4H2,1H3. The summed E-state index contributed by atoms with van der Waals surface area (Å²) < 4.78 is 5.59. The van der Waals surface area contributed by atoms with Gasteiger partial charge in [0.2, 0.25) is 5.88 Å². The summed E-state index contributed by atoms with van der Waals surface area (Å²) in [5.74, 6) is 0.653. The summed E-state index contributed by atoms with van der Waals surface area (Å²) >= 11 is 5.87. The Morgan fingerprint density at radius 2 is 2.23 bits per heavy atom. The van der Waals surface area contributed by atoms with Crippen LogP contribution in [-0.2, 0) is 0 Å². The molecule has 2 rings (SSSR count). The van der Waals surface area contributed by atoms with Gasteiger partial charge in [-0.3, -0.25) is 0 Å². The van der Waals surface area contributed by atoms with Crippen molar-refractivity contribution in [3.63, 3.8) is 0 Å². The van der Waals surface area contributed by atoms with Gasteiger partial charge in [-0.2, -0.15) is 0 Å². The molecule has 1 aliphatic carbocycles. The number of aromatic nitrogens is 1. The molecule has 3 heteroatoms. The Hall–Kier alpha value is -0.760. The number of halogens is 1. The average Bonchev–Trinajstić information content (AvgIpc) is 2.04. The molecule has 0 spiro atoms. The van der Waals surface area contributed by atoms with Gasteiger partial charge in [0.15, 0.2) is 0 Å². The molecule has 1 heterocycles. The predicted molar refractivity (Wildman–Crippen MR) is 52.3 cm³/mol. The maximum Gasteiger partial charge on any atom is 0.214 e. The normalized spacial score (nSPS) is 16.8. The Bertz CT molecular complexity index is 310. The van der Waals surface area contributed by atoms with E-state index in [4.69, 9.17) is 16.3 Å². The fourth-order valence-corrected chi connectivity index (χ4v) is 1.36. The Morgan fingerprint density at radius 1 is 1.46 bits per heavy atom. The lowest BCUT2D eigenvalue weighted by Gasteiger charge is -2.25. The molecule has 1 aromatic rings. The molecule has 0 amide bonds. The highest BCUT2D eigenvalue weighted by Crippen LogP contribution is 2.25. The molecule has 1 saturated carbocycles. The van der Waals surface area contributed by atoms with Gasteiger partial charge in [-0.15, -0.1) is 0 Å². The number of ether oxygens (including phenoxy) is 1. The van der Waals surface area contributed by atoms with E-state index in [1.807, 2.05) is 19.1 Å². The van der Waals surface area contributed by atoms with Crippen LogP contribution in [0.3, 0.4) is 0 Å². The highest BCUT2D eigenvalue weighted by atomic mass is 35.5. The summed E-state index contributed by atoms with van der Waals surface area (Å²) in [4.78, 5) is 4.14. The number of pyridine rings is 1. The lowest BCUT2D eigenvalue weighted by molar-refractivity contribution is 0.114. The molecule has 0 aromatic carbocycles. The van der Waals surface area contributed by atoms with Crippen LogP contribution in [0.15, 0.2) is 12.1 Å². The van der Waals surface area contributed by atoms with E-state index >= 15 is 0 Å². The third kappa shape index (κ3) is 1.94. The third-order valence-electron chi connectivity index (χ3n) is 2.35. The Balaban J connectivity index is 2.07. The second kappa shape index (κ2) is 3.54. The fraction of sp³-hybridized carbons (Fsp3) is 0.500. The SMILES string of the molecule is Cc1ccc(OC2CCC2)nc1Cl. The van der Waals surface area contributed by atoms with Crippen LogP contribution >= 0.6 is 11.6 Å². The summed E-state index contributed by atoms with van der Waals surface area (Å²) in [6.45, 7) is 1.93. The van der Waals surface area contributed by atoms with Gasteiger partial charge < -0.3 is 4.74 Å². The minimum Gasteiger partial charge on any atom is -0.474 e. The number of hydrogen-bond donors (Lipinski definition) is 0. The van der Waals surface area contributed by atoms with Crippen molar-refractivity contribution in [2.75, 3.05) is 0 Å². The minimum atomic E-state index is 0.367. The first kappa shape index (κ1) is 8.82. The van der Waals surface area contributed by atoms with Crippen molar-refractivity contribution < 1.29 is 4.74 Å². The molecule has 0 aliphatic heterocycles. The van der Waals surface area contributed by atoms with Crippen molar-refractivity contribution in [2.45, 2.75) is 32.3 Å². The van der Waals surface area contributed by atoms with Gasteiger partial charge in [0.25, 0.3) is 0 Å². The van der Waals surface area contributed by atoms with Crippen LogP contribution < -0.4 is 4.74 Å². The number of aryl methyl sites for hydroxylation is 1. The topological polar surface area (TPSA) is 22.1 Å². The first-order chi connectivity index (χ1) is 6.25. The molecule has 1 fully saturated rings. The molecule has 0 radical (unpaired) electrons. The zero-order valence-corrected chi connectivity index (χ0v) is 8.34. The Labute approximate surface area is 82.9 Å². The first-order valence-electron chi connectivity index (χ1n) is 4.55. The van der Waals surface area contributed by atoms with E-state index in [-0.39, 0.29) is 0 Å². The van der Waals surface area contributed by atoms with E-state index in [1.165, 1.54) is 6.42 Å². The van der Waals surface area contributed by atoms with Crippen molar-refractivity contribution >= 4 is 11.6 Å². The van der Waals surface area contributed by atoms with Crippen molar-refractivity contribution in [2.24, 2.45) is 0 Å². The number of rotatable bonds is 2. The highest BCUT2D eigenvalue weighted by Gasteiger charge is 2.19. The van der Waals surface area contributed by atoms with Crippen LogP contribution in [0.4, 0.5) is 0 Å². The molecule has 1 aliphatic rings. The summed E-state index contributed by atoms with van der Waals surface area (Å²) in [7, 11) is 0. The summed E-state index contributed by atoms with van der Waals surface area (Å²) in [5.41, 5.74) is 0.989. The van der Waals surface area contributed by atoms with Gasteiger partial charge in [-0.05, 0) is 31.7 Å². The quantitative estimate of drug-likeness (QED) is 0.681. The van der Waals surface area contributed by atoms with Crippen LogP contribution in [0.5, 0.6) is 5.88 Å². The molecular formula is C10H12ClNO. The van der Waals surface area contributed by atoms with Gasteiger partial charge in [0, 0.05) is 6.07 Å². The van der Waals surface area contributed by atoms with Gasteiger partial charge in [0.1, 0.15) is 11.3 Å². The molecule has 70 valence electrons. The molecule has 0 N–H and O–H groups in total. The van der Waals surface area contributed by atoms with E-state index in [2.05, 4.69) is 4.98 Å². The monoisotopic (exact) mass is 197 g/mol. The third-order valence-corrected chi connectivity index (χ3v) is 2.73. The second-order valence-corrected chi connectivity index (χ2v) is 3.79. The number of hydrogen-bond acceptors (Lipinski definition) is 2. The summed E-state index contributed by atoms with van der Waals surface area (Å²) in [5, 5.41) is 0.539. The molecule has 0 atom stereocenters. The van der Waals surface area contributed by atoms with E-state index in [9.17, 15) is 0 Å².